The van der Waals surface area contributed by atoms with Crippen LogP contribution in [0.1, 0.15) is 5.56 Å². The number of hydrogen-bond acceptors (Lipinski definition) is 8. The third-order valence-electron chi connectivity index (χ3n) is 5.23. The molecule has 0 amide bonds. The summed E-state index contributed by atoms with van der Waals surface area (Å²) in [5, 5.41) is 12.6. The first-order valence-electron chi connectivity index (χ1n) is 10.8. The molecular weight excluding hydrogens is 540 g/mol. The molecule has 0 saturated heterocycles. The molecule has 1 aromatic carbocycles. The molecule has 2 N–H and O–H groups in total. The Morgan fingerprint density at radius 2 is 1.89 bits per heavy atom. The van der Waals surface area contributed by atoms with Crippen LogP contribution < -0.4 is 10.0 Å². The van der Waals surface area contributed by atoms with Crippen molar-refractivity contribution in [3.63, 3.8) is 0 Å². The molecule has 13 heteroatoms. The van der Waals surface area contributed by atoms with E-state index in [1.165, 1.54) is 36.7 Å². The molecule has 0 unspecified atom stereocenters. The second-order valence-corrected chi connectivity index (χ2v) is 10.9. The number of sulfonamides is 1. The molecular formula is C24H20Cl2FN7O2S. The summed E-state index contributed by atoms with van der Waals surface area (Å²) in [6.07, 6.45) is 2.87. The lowest BCUT2D eigenvalue weighted by atomic mass is 10.1. The zero-order chi connectivity index (χ0) is 26.7. The van der Waals surface area contributed by atoms with Crippen LogP contribution in [0.15, 0.2) is 48.8 Å². The fourth-order valence-electron chi connectivity index (χ4n) is 3.34. The van der Waals surface area contributed by atoms with Gasteiger partial charge in [0.15, 0.2) is 5.15 Å². The number of fused-ring (bicyclic) bond motifs is 1. The first kappa shape index (κ1) is 26.5. The molecule has 37 heavy (non-hydrogen) atoms. The van der Waals surface area contributed by atoms with E-state index >= 15 is 0 Å². The van der Waals surface area contributed by atoms with Gasteiger partial charge in [-0.15, -0.1) is 0 Å². The fourth-order valence-corrected chi connectivity index (χ4v) is 4.92. The quantitative estimate of drug-likeness (QED) is 0.287. The van der Waals surface area contributed by atoms with Gasteiger partial charge in [-0.25, -0.2) is 22.8 Å². The topological polar surface area (TPSA) is 124 Å². The van der Waals surface area contributed by atoms with Gasteiger partial charge in [-0.3, -0.25) is 9.71 Å². The van der Waals surface area contributed by atoms with Gasteiger partial charge in [0.25, 0.3) is 0 Å². The smallest absolute Gasteiger partial charge is 0.234 e. The summed E-state index contributed by atoms with van der Waals surface area (Å²) in [6.45, 7) is 0.329. The molecule has 0 aliphatic heterocycles. The molecule has 190 valence electrons. The van der Waals surface area contributed by atoms with Crippen molar-refractivity contribution in [2.24, 2.45) is 0 Å². The largest absolute Gasteiger partial charge is 0.353 e. The van der Waals surface area contributed by atoms with Crippen LogP contribution in [0.3, 0.4) is 0 Å². The molecule has 0 aliphatic carbocycles. The Hall–Kier alpha value is -3.56. The van der Waals surface area contributed by atoms with E-state index in [1.54, 1.807) is 31.1 Å². The van der Waals surface area contributed by atoms with Crippen molar-refractivity contribution in [3.05, 3.63) is 70.3 Å². The molecule has 0 saturated carbocycles. The zero-order valence-corrected chi connectivity index (χ0v) is 22.0. The normalized spacial score (nSPS) is 11.5. The highest BCUT2D eigenvalue weighted by atomic mass is 35.5. The van der Waals surface area contributed by atoms with Crippen molar-refractivity contribution < 1.29 is 12.8 Å². The summed E-state index contributed by atoms with van der Waals surface area (Å²) >= 11 is 12.1. The minimum absolute atomic E-state index is 0.0121. The first-order valence-corrected chi connectivity index (χ1v) is 13.2. The predicted octanol–water partition coefficient (Wildman–Crippen LogP) is 5.06. The number of nitriles is 1. The molecule has 0 spiro atoms. The Morgan fingerprint density at radius 1 is 1.11 bits per heavy atom. The Morgan fingerprint density at radius 3 is 2.59 bits per heavy atom. The standard InChI is InChI=1S/C24H20Cl2FN7O2S/c1-34(2)7-8-37(35,36)33-21-9-14(12-30-24(21)26)19-5-6-20-23(32-19)22(15(11-28)13-29-20)31-16-3-4-18(27)17(25)10-16/h3-6,9-10,12-13,33H,7-8H2,1-2H3,(H,29,31). The van der Waals surface area contributed by atoms with E-state index in [-0.39, 0.29) is 27.2 Å². The van der Waals surface area contributed by atoms with Crippen LogP contribution in [0.25, 0.3) is 22.3 Å². The number of nitrogens with one attached hydrogen (secondary N) is 2. The van der Waals surface area contributed by atoms with Crippen LogP contribution in [0, 0.1) is 17.1 Å². The molecule has 3 heterocycles. The van der Waals surface area contributed by atoms with Gasteiger partial charge in [0.05, 0.1) is 38.9 Å². The molecule has 4 aromatic rings. The Bertz CT molecular complexity index is 1640. The van der Waals surface area contributed by atoms with Crippen LogP contribution in [-0.4, -0.2) is 54.7 Å². The summed E-state index contributed by atoms with van der Waals surface area (Å²) in [7, 11) is -0.124. The van der Waals surface area contributed by atoms with E-state index in [1.807, 2.05) is 0 Å². The van der Waals surface area contributed by atoms with Gasteiger partial charge in [-0.2, -0.15) is 5.26 Å². The summed E-state index contributed by atoms with van der Waals surface area (Å²) in [5.74, 6) is -0.698. The lowest BCUT2D eigenvalue weighted by Crippen LogP contribution is -2.26. The summed E-state index contributed by atoms with van der Waals surface area (Å²) in [5.41, 5.74) is 2.89. The van der Waals surface area contributed by atoms with Gasteiger partial charge in [-0.05, 0) is 50.5 Å². The highest BCUT2D eigenvalue weighted by Gasteiger charge is 2.17. The van der Waals surface area contributed by atoms with E-state index in [4.69, 9.17) is 23.2 Å². The van der Waals surface area contributed by atoms with Crippen molar-refractivity contribution in [2.75, 3.05) is 36.4 Å². The average molecular weight is 560 g/mol. The number of aromatic nitrogens is 3. The monoisotopic (exact) mass is 559 g/mol. The van der Waals surface area contributed by atoms with Crippen LogP contribution in [-0.2, 0) is 10.0 Å². The minimum Gasteiger partial charge on any atom is -0.353 e. The second kappa shape index (κ2) is 10.8. The number of halogens is 3. The second-order valence-electron chi connectivity index (χ2n) is 8.26. The zero-order valence-electron chi connectivity index (χ0n) is 19.6. The number of hydrogen-bond donors (Lipinski definition) is 2. The van der Waals surface area contributed by atoms with E-state index in [2.05, 4.69) is 31.1 Å². The molecule has 0 atom stereocenters. The van der Waals surface area contributed by atoms with Crippen molar-refractivity contribution in [2.45, 2.75) is 0 Å². The van der Waals surface area contributed by atoms with Crippen LogP contribution in [0.4, 0.5) is 21.5 Å². The summed E-state index contributed by atoms with van der Waals surface area (Å²) in [4.78, 5) is 14.8. The maximum absolute atomic E-state index is 13.6. The minimum atomic E-state index is -3.67. The number of benzene rings is 1. The maximum Gasteiger partial charge on any atom is 0.234 e. The van der Waals surface area contributed by atoms with Crippen LogP contribution in [0.5, 0.6) is 0 Å². The Balaban J connectivity index is 1.75. The molecule has 0 radical (unpaired) electrons. The van der Waals surface area contributed by atoms with Crippen molar-refractivity contribution in [1.82, 2.24) is 19.9 Å². The van der Waals surface area contributed by atoms with E-state index in [9.17, 15) is 18.1 Å². The van der Waals surface area contributed by atoms with E-state index < -0.39 is 15.8 Å². The van der Waals surface area contributed by atoms with Crippen molar-refractivity contribution >= 4 is 61.3 Å². The summed E-state index contributed by atoms with van der Waals surface area (Å²) in [6, 6.07) is 11.1. The van der Waals surface area contributed by atoms with E-state index in [0.717, 1.165) is 0 Å². The average Bonchev–Trinajstić information content (AvgIpc) is 2.86. The SMILES string of the molecule is CN(C)CCS(=O)(=O)Nc1cc(-c2ccc3ncc(C#N)c(Nc4ccc(F)c(Cl)c4)c3n2)cnc1Cl. The molecule has 0 bridgehead atoms. The predicted molar refractivity (Wildman–Crippen MR) is 143 cm³/mol. The van der Waals surface area contributed by atoms with Crippen molar-refractivity contribution in [1.29, 1.82) is 5.26 Å². The van der Waals surface area contributed by atoms with Crippen LogP contribution in [0.2, 0.25) is 10.2 Å². The van der Waals surface area contributed by atoms with Gasteiger partial charge >= 0.3 is 0 Å². The number of pyridine rings is 3. The van der Waals surface area contributed by atoms with E-state index in [0.29, 0.717) is 40.2 Å². The van der Waals surface area contributed by atoms with Crippen molar-refractivity contribution in [3.8, 4) is 17.3 Å². The molecule has 0 aliphatic rings. The van der Waals surface area contributed by atoms with Gasteiger partial charge in [-0.1, -0.05) is 23.2 Å². The van der Waals surface area contributed by atoms with Gasteiger partial charge in [0.2, 0.25) is 10.0 Å². The third-order valence-corrected chi connectivity index (χ3v) is 7.07. The Labute approximate surface area is 222 Å². The molecule has 9 nitrogen and oxygen atoms in total. The lowest BCUT2D eigenvalue weighted by Gasteiger charge is -2.14. The van der Waals surface area contributed by atoms with Gasteiger partial charge in [0, 0.05) is 30.2 Å². The highest BCUT2D eigenvalue weighted by Crippen LogP contribution is 2.32. The number of nitrogens with zero attached hydrogens (tertiary/aromatic N) is 5. The lowest BCUT2D eigenvalue weighted by molar-refractivity contribution is 0.432. The van der Waals surface area contributed by atoms with Gasteiger partial charge in [0.1, 0.15) is 17.4 Å². The fraction of sp³-hybridized carbons (Fsp3) is 0.167. The number of anilines is 3. The van der Waals surface area contributed by atoms with Crippen LogP contribution >= 0.6 is 23.2 Å². The third kappa shape index (κ3) is 6.23. The molecule has 0 fully saturated rings. The number of rotatable bonds is 8. The highest BCUT2D eigenvalue weighted by molar-refractivity contribution is 7.92. The first-order chi connectivity index (χ1) is 17.6. The summed E-state index contributed by atoms with van der Waals surface area (Å²) < 4.78 is 41.1. The van der Waals surface area contributed by atoms with Gasteiger partial charge < -0.3 is 10.2 Å². The molecule has 3 aromatic heterocycles. The maximum atomic E-state index is 13.6. The molecule has 4 rings (SSSR count). The Kier molecular flexibility index (Phi) is 7.75.